The molecule has 0 radical (unpaired) electrons. The Labute approximate surface area is 336 Å². The maximum Gasteiger partial charge on any atom is 0.573 e. The predicted octanol–water partition coefficient (Wildman–Crippen LogP) is 11.5. The summed E-state index contributed by atoms with van der Waals surface area (Å²) < 4.78 is 92.9. The molecule has 0 spiro atoms. The summed E-state index contributed by atoms with van der Waals surface area (Å²) >= 11 is 0. The van der Waals surface area contributed by atoms with Crippen LogP contribution in [-0.2, 0) is 0 Å². The molecule has 6 aromatic carbocycles. The smallest absolute Gasteiger partial charge is 0.405 e. The van der Waals surface area contributed by atoms with Crippen LogP contribution in [0.1, 0.15) is 33.4 Å². The van der Waals surface area contributed by atoms with Crippen molar-refractivity contribution in [2.75, 3.05) is 0 Å². The Bertz CT molecular complexity index is 2800. The monoisotopic (exact) mass is 800 g/mol. The third-order valence-electron chi connectivity index (χ3n) is 9.43. The molecule has 1 aliphatic rings. The number of hydrogen-bond donors (Lipinski definition) is 0. The summed E-state index contributed by atoms with van der Waals surface area (Å²) in [7, 11) is 0. The van der Waals surface area contributed by atoms with Crippen LogP contribution >= 0.6 is 0 Å². The molecule has 1 aliphatic carbocycles. The molecule has 0 N–H and O–H groups in total. The van der Waals surface area contributed by atoms with Gasteiger partial charge in [-0.15, -0.1) is 26.3 Å². The second-order valence-electron chi connectivity index (χ2n) is 13.1. The Morgan fingerprint density at radius 1 is 0.367 bits per heavy atom. The molecule has 0 aromatic heterocycles. The molecule has 0 bridgehead atoms. The van der Waals surface area contributed by atoms with Crippen molar-refractivity contribution in [2.45, 2.75) is 12.7 Å². The fraction of sp³-hybridized carbons (Fsp3) is 0.0435. The fourth-order valence-corrected chi connectivity index (χ4v) is 6.97. The first-order valence-electron chi connectivity index (χ1n) is 17.2. The van der Waals surface area contributed by atoms with Gasteiger partial charge in [0, 0.05) is 16.7 Å². The van der Waals surface area contributed by atoms with E-state index in [-0.39, 0.29) is 72.3 Å². The van der Waals surface area contributed by atoms with Crippen molar-refractivity contribution >= 4 is 5.57 Å². The predicted molar refractivity (Wildman–Crippen MR) is 203 cm³/mol. The van der Waals surface area contributed by atoms with Crippen LogP contribution in [0.3, 0.4) is 0 Å². The van der Waals surface area contributed by atoms with Gasteiger partial charge in [0.1, 0.15) is 29.2 Å². The summed E-state index contributed by atoms with van der Waals surface area (Å²) in [6, 6.07) is 36.9. The first kappa shape index (κ1) is 39.4. The molecule has 0 unspecified atom stereocenters. The maximum absolute atomic E-state index is 14.0. The minimum Gasteiger partial charge on any atom is -0.405 e. The highest BCUT2D eigenvalue weighted by molar-refractivity contribution is 6.07. The number of fused-ring (bicyclic) bond motifs is 3. The van der Waals surface area contributed by atoms with E-state index in [2.05, 4.69) is 9.47 Å². The van der Waals surface area contributed by atoms with Gasteiger partial charge in [0.25, 0.3) is 0 Å². The molecule has 0 fully saturated rings. The molecule has 0 heterocycles. The molecule has 7 rings (SSSR count). The van der Waals surface area contributed by atoms with E-state index in [0.717, 1.165) is 12.1 Å². The van der Waals surface area contributed by atoms with Gasteiger partial charge in [-0.3, -0.25) is 0 Å². The Morgan fingerprint density at radius 3 is 0.967 bits per heavy atom. The minimum absolute atomic E-state index is 0.101. The van der Waals surface area contributed by atoms with E-state index in [1.807, 2.05) is 24.3 Å². The lowest BCUT2D eigenvalue weighted by Gasteiger charge is -2.17. The lowest BCUT2D eigenvalue weighted by Crippen LogP contribution is -2.17. The van der Waals surface area contributed by atoms with E-state index in [0.29, 0.717) is 22.3 Å². The lowest BCUT2D eigenvalue weighted by molar-refractivity contribution is -0.275. The molecule has 6 aromatic rings. The highest BCUT2D eigenvalue weighted by Crippen LogP contribution is 2.53. The number of halogens is 6. The third kappa shape index (κ3) is 7.77. The van der Waals surface area contributed by atoms with E-state index < -0.39 is 29.8 Å². The van der Waals surface area contributed by atoms with Crippen molar-refractivity contribution in [2.24, 2.45) is 0 Å². The molecular weight excluding hydrogens is 783 g/mol. The molecule has 0 atom stereocenters. The number of allylic oxidation sites excluding steroid dienone is 1. The van der Waals surface area contributed by atoms with Gasteiger partial charge in [-0.05, 0) is 116 Å². The quantitative estimate of drug-likeness (QED) is 0.119. The van der Waals surface area contributed by atoms with Crippen molar-refractivity contribution in [3.05, 3.63) is 148 Å². The SMILES string of the molecule is N#CC(C#N)=C1c2cc(OC(F)(F)F)c(-c3ccc(-c4cc(C#N)cc(C#N)c4)cc3)cc2-c2cc(-c3ccc(-c4cc(C#N)cc(C#N)c4)cc3)c(OC(F)(F)F)cc21. The molecule has 8 nitrogen and oxygen atoms in total. The Kier molecular flexibility index (Phi) is 10.0. The Hall–Kier alpha value is -8.82. The summed E-state index contributed by atoms with van der Waals surface area (Å²) in [5.74, 6) is -1.48. The molecule has 0 saturated heterocycles. The molecule has 0 saturated carbocycles. The summed E-state index contributed by atoms with van der Waals surface area (Å²) in [4.78, 5) is 0. The first-order chi connectivity index (χ1) is 28.6. The van der Waals surface area contributed by atoms with Crippen LogP contribution in [0.25, 0.3) is 61.2 Å². The summed E-state index contributed by atoms with van der Waals surface area (Å²) in [6.07, 6.45) is -10.5. The summed E-state index contributed by atoms with van der Waals surface area (Å²) in [5, 5.41) is 57.6. The van der Waals surface area contributed by atoms with Gasteiger partial charge in [-0.2, -0.15) is 31.6 Å². The second kappa shape index (κ2) is 15.3. The van der Waals surface area contributed by atoms with E-state index in [1.165, 1.54) is 72.8 Å². The molecule has 60 heavy (non-hydrogen) atoms. The van der Waals surface area contributed by atoms with Crippen LogP contribution in [-0.4, -0.2) is 12.7 Å². The normalized spacial score (nSPS) is 11.4. The van der Waals surface area contributed by atoms with Crippen LogP contribution in [0.4, 0.5) is 26.3 Å². The van der Waals surface area contributed by atoms with Gasteiger partial charge in [-0.1, -0.05) is 48.5 Å². The zero-order valence-corrected chi connectivity index (χ0v) is 30.2. The highest BCUT2D eigenvalue weighted by Gasteiger charge is 2.37. The average molecular weight is 801 g/mol. The minimum atomic E-state index is -5.23. The largest absolute Gasteiger partial charge is 0.573 e. The average Bonchev–Trinajstić information content (AvgIpc) is 3.53. The maximum atomic E-state index is 14.0. The van der Waals surface area contributed by atoms with Gasteiger partial charge in [0.2, 0.25) is 0 Å². The number of benzene rings is 6. The zero-order valence-electron chi connectivity index (χ0n) is 30.2. The van der Waals surface area contributed by atoms with E-state index in [1.54, 1.807) is 36.4 Å². The van der Waals surface area contributed by atoms with Crippen LogP contribution in [0.15, 0.2) is 115 Å². The van der Waals surface area contributed by atoms with Gasteiger partial charge in [0.15, 0.2) is 0 Å². The molecule has 286 valence electrons. The summed E-state index contributed by atoms with van der Waals surface area (Å²) in [5.41, 5.74) is 2.30. The fourth-order valence-electron chi connectivity index (χ4n) is 6.97. The first-order valence-corrected chi connectivity index (χ1v) is 17.2. The molecule has 0 aliphatic heterocycles. The number of rotatable bonds is 6. The van der Waals surface area contributed by atoms with E-state index in [4.69, 9.17) is 0 Å². The van der Waals surface area contributed by atoms with Crippen molar-refractivity contribution in [3.63, 3.8) is 0 Å². The number of hydrogen-bond acceptors (Lipinski definition) is 8. The van der Waals surface area contributed by atoms with Crippen LogP contribution in [0, 0.1) is 68.0 Å². The van der Waals surface area contributed by atoms with Gasteiger partial charge in [-0.25, -0.2) is 0 Å². The zero-order chi connectivity index (χ0) is 42.9. The molecule has 0 amide bonds. The molecular formula is C46H18F6N6O2. The number of nitriles is 6. The second-order valence-corrected chi connectivity index (χ2v) is 13.1. The number of ether oxygens (including phenoxy) is 2. The van der Waals surface area contributed by atoms with E-state index in [9.17, 15) is 57.9 Å². The number of nitrogens with zero attached hydrogens (tertiary/aromatic N) is 6. The highest BCUT2D eigenvalue weighted by atomic mass is 19.4. The van der Waals surface area contributed by atoms with Gasteiger partial charge >= 0.3 is 12.7 Å². The van der Waals surface area contributed by atoms with Crippen LogP contribution < -0.4 is 9.47 Å². The van der Waals surface area contributed by atoms with Crippen molar-refractivity contribution in [3.8, 4) is 104 Å². The Balaban J connectivity index is 1.44. The standard InChI is InChI=1S/C46H18F6N6O2/c47-45(48,49)59-42-17-40-38(15-36(42)31-5-1-29(2-6-31)33-11-25(19-53)9-26(12-33)20-54)39-16-37(43(60-46(50,51)52)18-41(39)44(40)35(23-57)24-58)32-7-3-30(4-8-32)34-13-27(21-55)10-28(14-34)22-56/h1-18H. The van der Waals surface area contributed by atoms with Gasteiger partial charge < -0.3 is 9.47 Å². The number of alkyl halides is 6. The van der Waals surface area contributed by atoms with Crippen molar-refractivity contribution in [1.29, 1.82) is 31.6 Å². The van der Waals surface area contributed by atoms with E-state index >= 15 is 0 Å². The summed E-state index contributed by atoms with van der Waals surface area (Å²) in [6.45, 7) is 0. The van der Waals surface area contributed by atoms with Crippen LogP contribution in [0.5, 0.6) is 11.5 Å². The third-order valence-corrected chi connectivity index (χ3v) is 9.43. The Morgan fingerprint density at radius 2 is 0.683 bits per heavy atom. The molecule has 14 heteroatoms. The lowest BCUT2D eigenvalue weighted by atomic mass is 9.93. The topological polar surface area (TPSA) is 161 Å². The van der Waals surface area contributed by atoms with Crippen LogP contribution in [0.2, 0.25) is 0 Å². The van der Waals surface area contributed by atoms with Crippen molar-refractivity contribution < 1.29 is 35.8 Å². The van der Waals surface area contributed by atoms with Gasteiger partial charge in [0.05, 0.1) is 46.5 Å². The van der Waals surface area contributed by atoms with Crippen molar-refractivity contribution in [1.82, 2.24) is 0 Å².